The lowest BCUT2D eigenvalue weighted by molar-refractivity contribution is -0.137. The number of nitrogens with one attached hydrogen (secondary N) is 1. The predicted octanol–water partition coefficient (Wildman–Crippen LogP) is 2.77. The van der Waals surface area contributed by atoms with Crippen LogP contribution in [0, 0.1) is 0 Å². The third kappa shape index (κ3) is 3.96. The molecule has 20 heavy (non-hydrogen) atoms. The first-order valence-electron chi connectivity index (χ1n) is 6.61. The number of hydrogen-bond donors (Lipinski definition) is 2. The molecular formula is C13H18N2O3S2. The molecule has 5 nitrogen and oxygen atoms in total. The highest BCUT2D eigenvalue weighted by atomic mass is 32.2. The number of hydrogen-bond acceptors (Lipinski definition) is 5. The highest BCUT2D eigenvalue weighted by Crippen LogP contribution is 2.38. The lowest BCUT2D eigenvalue weighted by Gasteiger charge is -2.20. The van der Waals surface area contributed by atoms with E-state index in [1.165, 1.54) is 11.3 Å². The molecule has 1 unspecified atom stereocenters. The van der Waals surface area contributed by atoms with E-state index in [-0.39, 0.29) is 17.1 Å². The van der Waals surface area contributed by atoms with Gasteiger partial charge in [0.1, 0.15) is 0 Å². The Morgan fingerprint density at radius 3 is 3.00 bits per heavy atom. The molecule has 1 aliphatic rings. The van der Waals surface area contributed by atoms with Crippen molar-refractivity contribution in [3.05, 3.63) is 11.1 Å². The minimum atomic E-state index is -0.792. The first-order valence-corrected chi connectivity index (χ1v) is 8.48. The van der Waals surface area contributed by atoms with Crippen LogP contribution in [0.1, 0.15) is 38.3 Å². The normalized spacial score (nSPS) is 21.9. The number of aliphatic carboxylic acids is 1. The average Bonchev–Trinajstić information content (AvgIpc) is 2.99. The predicted molar refractivity (Wildman–Crippen MR) is 81.4 cm³/mol. The standard InChI is InChI=1S/C13H18N2O3S2/c1-13(6-3-7-20-13)11(18)15-12-14-9(8-19-12)4-2-5-10(16)17/h8H,2-7H2,1H3,(H,16,17)(H,14,15,18). The van der Waals surface area contributed by atoms with Crippen molar-refractivity contribution in [2.45, 2.75) is 43.8 Å². The van der Waals surface area contributed by atoms with Gasteiger partial charge in [-0.3, -0.25) is 9.59 Å². The van der Waals surface area contributed by atoms with Crippen molar-refractivity contribution in [3.63, 3.8) is 0 Å². The number of nitrogens with zero attached hydrogens (tertiary/aromatic N) is 1. The van der Waals surface area contributed by atoms with E-state index < -0.39 is 5.97 Å². The minimum absolute atomic E-state index is 0.0198. The topological polar surface area (TPSA) is 79.3 Å². The third-order valence-corrected chi connectivity index (χ3v) is 5.62. The summed E-state index contributed by atoms with van der Waals surface area (Å²) in [4.78, 5) is 27.0. The van der Waals surface area contributed by atoms with Gasteiger partial charge in [-0.15, -0.1) is 23.1 Å². The van der Waals surface area contributed by atoms with E-state index in [4.69, 9.17) is 5.11 Å². The maximum Gasteiger partial charge on any atom is 0.303 e. The second kappa shape index (κ2) is 6.58. The van der Waals surface area contributed by atoms with Gasteiger partial charge in [0.05, 0.1) is 10.4 Å². The van der Waals surface area contributed by atoms with Crippen LogP contribution in [0.15, 0.2) is 5.38 Å². The monoisotopic (exact) mass is 314 g/mol. The van der Waals surface area contributed by atoms with E-state index in [0.717, 1.165) is 24.3 Å². The summed E-state index contributed by atoms with van der Waals surface area (Å²) in [6, 6.07) is 0. The van der Waals surface area contributed by atoms with Crippen molar-refractivity contribution in [2.24, 2.45) is 0 Å². The van der Waals surface area contributed by atoms with Gasteiger partial charge in [0.2, 0.25) is 5.91 Å². The number of carboxylic acid groups (broad SMARTS) is 1. The number of carbonyl (C=O) groups excluding carboxylic acids is 1. The summed E-state index contributed by atoms with van der Waals surface area (Å²) in [5.41, 5.74) is 0.843. The molecule has 0 saturated carbocycles. The molecule has 1 atom stereocenters. The molecule has 0 bridgehead atoms. The van der Waals surface area contributed by atoms with Crippen molar-refractivity contribution in [1.82, 2.24) is 4.98 Å². The molecule has 1 fully saturated rings. The van der Waals surface area contributed by atoms with E-state index in [1.807, 2.05) is 12.3 Å². The smallest absolute Gasteiger partial charge is 0.303 e. The molecule has 1 aromatic rings. The summed E-state index contributed by atoms with van der Waals surface area (Å²) in [5, 5.41) is 13.9. The lowest BCUT2D eigenvalue weighted by Crippen LogP contribution is -2.34. The average molecular weight is 314 g/mol. The molecule has 7 heteroatoms. The Balaban J connectivity index is 1.86. The number of thioether (sulfide) groups is 1. The van der Waals surface area contributed by atoms with Crippen LogP contribution in [0.3, 0.4) is 0 Å². The molecule has 1 aliphatic heterocycles. The molecular weight excluding hydrogens is 296 g/mol. The number of carbonyl (C=O) groups is 2. The lowest BCUT2D eigenvalue weighted by atomic mass is 10.1. The number of aryl methyl sites for hydroxylation is 1. The van der Waals surface area contributed by atoms with Crippen LogP contribution in [0.25, 0.3) is 0 Å². The van der Waals surface area contributed by atoms with Crippen LogP contribution in [0.2, 0.25) is 0 Å². The number of amides is 1. The Morgan fingerprint density at radius 1 is 1.55 bits per heavy atom. The summed E-state index contributed by atoms with van der Waals surface area (Å²) in [7, 11) is 0. The van der Waals surface area contributed by atoms with E-state index in [0.29, 0.717) is 18.0 Å². The van der Waals surface area contributed by atoms with Crippen LogP contribution in [0.4, 0.5) is 5.13 Å². The van der Waals surface area contributed by atoms with Gasteiger partial charge in [-0.25, -0.2) is 4.98 Å². The number of anilines is 1. The van der Waals surface area contributed by atoms with Gasteiger partial charge in [0.15, 0.2) is 5.13 Å². The molecule has 1 amide bonds. The molecule has 0 aromatic carbocycles. The second-order valence-corrected chi connectivity index (χ2v) is 7.48. The highest BCUT2D eigenvalue weighted by molar-refractivity contribution is 8.01. The number of rotatable bonds is 6. The molecule has 1 saturated heterocycles. The van der Waals surface area contributed by atoms with Crippen LogP contribution in [-0.2, 0) is 16.0 Å². The van der Waals surface area contributed by atoms with Gasteiger partial charge in [0, 0.05) is 11.8 Å². The van der Waals surface area contributed by atoms with Gasteiger partial charge in [-0.2, -0.15) is 0 Å². The van der Waals surface area contributed by atoms with E-state index >= 15 is 0 Å². The largest absolute Gasteiger partial charge is 0.481 e. The Hall–Kier alpha value is -1.08. The summed E-state index contributed by atoms with van der Waals surface area (Å²) in [6.07, 6.45) is 3.33. The number of thiazole rings is 1. The van der Waals surface area contributed by atoms with Crippen LogP contribution in [0.5, 0.6) is 0 Å². The maximum atomic E-state index is 12.2. The van der Waals surface area contributed by atoms with Gasteiger partial charge >= 0.3 is 5.97 Å². The zero-order chi connectivity index (χ0) is 14.6. The molecule has 1 aromatic heterocycles. The molecule has 2 heterocycles. The molecule has 0 radical (unpaired) electrons. The van der Waals surface area contributed by atoms with E-state index in [1.54, 1.807) is 11.8 Å². The Morgan fingerprint density at radius 2 is 2.35 bits per heavy atom. The summed E-state index contributed by atoms with van der Waals surface area (Å²) in [6.45, 7) is 1.97. The molecule has 0 spiro atoms. The molecule has 2 rings (SSSR count). The molecule has 2 N–H and O–H groups in total. The van der Waals surface area contributed by atoms with E-state index in [2.05, 4.69) is 10.3 Å². The quantitative estimate of drug-likeness (QED) is 0.844. The van der Waals surface area contributed by atoms with Crippen molar-refractivity contribution in [2.75, 3.05) is 11.1 Å². The first-order chi connectivity index (χ1) is 9.49. The zero-order valence-corrected chi connectivity index (χ0v) is 13.0. The Bertz CT molecular complexity index is 496. The number of carboxylic acids is 1. The van der Waals surface area contributed by atoms with Crippen LogP contribution >= 0.6 is 23.1 Å². The summed E-state index contributed by atoms with van der Waals surface area (Å²) in [5.74, 6) is 0.258. The van der Waals surface area contributed by atoms with Gasteiger partial charge in [-0.05, 0) is 38.4 Å². The zero-order valence-electron chi connectivity index (χ0n) is 11.3. The second-order valence-electron chi connectivity index (χ2n) is 5.03. The van der Waals surface area contributed by atoms with Crippen LogP contribution < -0.4 is 5.32 Å². The van der Waals surface area contributed by atoms with Gasteiger partial charge in [0.25, 0.3) is 0 Å². The highest BCUT2D eigenvalue weighted by Gasteiger charge is 2.37. The van der Waals surface area contributed by atoms with Crippen molar-refractivity contribution in [1.29, 1.82) is 0 Å². The van der Waals surface area contributed by atoms with Gasteiger partial charge in [-0.1, -0.05) is 0 Å². The van der Waals surface area contributed by atoms with E-state index in [9.17, 15) is 9.59 Å². The maximum absolute atomic E-state index is 12.2. The molecule has 110 valence electrons. The first kappa shape index (κ1) is 15.3. The minimum Gasteiger partial charge on any atom is -0.481 e. The summed E-state index contributed by atoms with van der Waals surface area (Å²) < 4.78 is -0.338. The summed E-state index contributed by atoms with van der Waals surface area (Å²) >= 11 is 3.09. The third-order valence-electron chi connectivity index (χ3n) is 3.29. The van der Waals surface area contributed by atoms with Crippen molar-refractivity contribution in [3.8, 4) is 0 Å². The fourth-order valence-electron chi connectivity index (χ4n) is 2.09. The van der Waals surface area contributed by atoms with Crippen molar-refractivity contribution < 1.29 is 14.7 Å². The Labute approximate surface area is 126 Å². The Kier molecular flexibility index (Phi) is 5.04. The van der Waals surface area contributed by atoms with Crippen molar-refractivity contribution >= 4 is 40.1 Å². The van der Waals surface area contributed by atoms with Crippen LogP contribution in [-0.4, -0.2) is 32.5 Å². The van der Waals surface area contributed by atoms with Gasteiger partial charge < -0.3 is 10.4 Å². The molecule has 0 aliphatic carbocycles. The fourth-order valence-corrected chi connectivity index (χ4v) is 4.04. The SMILES string of the molecule is CC1(C(=O)Nc2nc(CCCC(=O)O)cs2)CCCS1. The fraction of sp³-hybridized carbons (Fsp3) is 0.615. The number of aromatic nitrogens is 1.